The first kappa shape index (κ1) is 20.2. The minimum absolute atomic E-state index is 0.0249. The molecule has 5 rings (SSSR count). The van der Waals surface area contributed by atoms with Crippen LogP contribution in [0.25, 0.3) is 10.8 Å². The highest BCUT2D eigenvalue weighted by Crippen LogP contribution is 2.31. The number of aromatic nitrogens is 3. The van der Waals surface area contributed by atoms with Gasteiger partial charge in [0.1, 0.15) is 17.3 Å². The zero-order valence-electron chi connectivity index (χ0n) is 17.9. The van der Waals surface area contributed by atoms with E-state index in [1.807, 2.05) is 31.4 Å². The molecule has 8 heteroatoms. The Labute approximate surface area is 186 Å². The predicted octanol–water partition coefficient (Wildman–Crippen LogP) is 2.65. The van der Waals surface area contributed by atoms with Gasteiger partial charge in [-0.2, -0.15) is 0 Å². The van der Waals surface area contributed by atoms with E-state index in [0.717, 1.165) is 61.2 Å². The minimum atomic E-state index is 0.0249. The van der Waals surface area contributed by atoms with Crippen molar-refractivity contribution < 1.29 is 9.53 Å². The lowest BCUT2D eigenvalue weighted by Crippen LogP contribution is -2.36. The smallest absolute Gasteiger partial charge is 0.228 e. The molecule has 3 aromatic rings. The van der Waals surface area contributed by atoms with Gasteiger partial charge in [0.25, 0.3) is 0 Å². The third-order valence-corrected chi connectivity index (χ3v) is 5.66. The average Bonchev–Trinajstić information content (AvgIpc) is 3.69. The molecule has 0 radical (unpaired) electrons. The number of carbonyl (C=O) groups excluding carboxylic acids is 1. The monoisotopic (exact) mass is 428 g/mol. The van der Waals surface area contributed by atoms with Crippen molar-refractivity contribution in [3.05, 3.63) is 48.0 Å². The lowest BCUT2D eigenvalue weighted by Gasteiger charge is -2.28. The average molecular weight is 428 g/mol. The molecule has 4 heterocycles. The number of nitrogens with zero attached hydrogens (tertiary/aromatic N) is 4. The summed E-state index contributed by atoms with van der Waals surface area (Å²) in [5, 5.41) is 7.72. The molecule has 2 fully saturated rings. The number of rotatable bonds is 4. The summed E-state index contributed by atoms with van der Waals surface area (Å²) in [6.45, 7) is 3.22. The number of fused-ring (bicyclic) bond motifs is 1. The molecule has 32 heavy (non-hydrogen) atoms. The minimum Gasteiger partial charge on any atom is -0.378 e. The Bertz CT molecular complexity index is 1200. The largest absolute Gasteiger partial charge is 0.378 e. The van der Waals surface area contributed by atoms with Crippen molar-refractivity contribution >= 4 is 34.0 Å². The summed E-state index contributed by atoms with van der Waals surface area (Å²) in [7, 11) is 1.82. The molecule has 0 spiro atoms. The molecule has 2 aliphatic rings. The molecule has 1 aliphatic carbocycles. The molecule has 1 amide bonds. The van der Waals surface area contributed by atoms with Gasteiger partial charge in [-0.05, 0) is 37.0 Å². The van der Waals surface area contributed by atoms with Crippen LogP contribution in [0, 0.1) is 17.8 Å². The number of hydrogen-bond acceptors (Lipinski definition) is 7. The van der Waals surface area contributed by atoms with Crippen molar-refractivity contribution in [2.45, 2.75) is 12.8 Å². The van der Waals surface area contributed by atoms with Crippen molar-refractivity contribution in [3.63, 3.8) is 0 Å². The molecule has 0 aromatic carbocycles. The summed E-state index contributed by atoms with van der Waals surface area (Å²) < 4.78 is 5.41. The normalized spacial score (nSPS) is 15.7. The summed E-state index contributed by atoms with van der Waals surface area (Å²) in [5.74, 6) is 7.71. The fourth-order valence-corrected chi connectivity index (χ4v) is 3.68. The Morgan fingerprint density at radius 1 is 1.06 bits per heavy atom. The topological polar surface area (TPSA) is 92.3 Å². The number of ether oxygens (including phenoxy) is 1. The third kappa shape index (κ3) is 4.34. The van der Waals surface area contributed by atoms with Gasteiger partial charge < -0.3 is 20.3 Å². The van der Waals surface area contributed by atoms with Crippen molar-refractivity contribution in [1.29, 1.82) is 0 Å². The van der Waals surface area contributed by atoms with E-state index in [9.17, 15) is 4.79 Å². The number of hydrogen-bond donors (Lipinski definition) is 2. The molecule has 0 atom stereocenters. The summed E-state index contributed by atoms with van der Waals surface area (Å²) in [4.78, 5) is 27.8. The molecule has 162 valence electrons. The van der Waals surface area contributed by atoms with Crippen LogP contribution in [-0.4, -0.2) is 54.2 Å². The van der Waals surface area contributed by atoms with E-state index >= 15 is 0 Å². The molecule has 8 nitrogen and oxygen atoms in total. The van der Waals surface area contributed by atoms with Crippen LogP contribution in [0.15, 0.2) is 36.8 Å². The van der Waals surface area contributed by atoms with Gasteiger partial charge in [-0.25, -0.2) is 15.0 Å². The van der Waals surface area contributed by atoms with Crippen molar-refractivity contribution in [1.82, 2.24) is 15.0 Å². The van der Waals surface area contributed by atoms with Crippen LogP contribution in [0.2, 0.25) is 0 Å². The first-order valence-electron chi connectivity index (χ1n) is 10.8. The molecular formula is C24H24N6O2. The van der Waals surface area contributed by atoms with Crippen LogP contribution in [0.1, 0.15) is 24.1 Å². The Hall–Kier alpha value is -3.70. The summed E-state index contributed by atoms with van der Waals surface area (Å²) in [5.41, 5.74) is 2.51. The second-order valence-corrected chi connectivity index (χ2v) is 7.90. The number of carbonyl (C=O) groups is 1. The summed E-state index contributed by atoms with van der Waals surface area (Å²) >= 11 is 0. The zero-order chi connectivity index (χ0) is 21.9. The lowest BCUT2D eigenvalue weighted by molar-refractivity contribution is -0.117. The van der Waals surface area contributed by atoms with E-state index in [0.29, 0.717) is 17.3 Å². The quantitative estimate of drug-likeness (QED) is 0.617. The Kier molecular flexibility index (Phi) is 5.57. The van der Waals surface area contributed by atoms with Gasteiger partial charge in [0.05, 0.1) is 30.7 Å². The van der Waals surface area contributed by atoms with Crippen LogP contribution in [-0.2, 0) is 9.53 Å². The van der Waals surface area contributed by atoms with Crippen molar-refractivity contribution in [2.24, 2.45) is 5.92 Å². The van der Waals surface area contributed by atoms with Gasteiger partial charge in [0, 0.05) is 49.2 Å². The van der Waals surface area contributed by atoms with E-state index in [2.05, 4.69) is 42.3 Å². The molecule has 3 aromatic heterocycles. The van der Waals surface area contributed by atoms with Gasteiger partial charge in [0.15, 0.2) is 0 Å². The third-order valence-electron chi connectivity index (χ3n) is 5.66. The van der Waals surface area contributed by atoms with E-state index in [-0.39, 0.29) is 11.8 Å². The second kappa shape index (κ2) is 8.81. The predicted molar refractivity (Wildman–Crippen MR) is 124 cm³/mol. The maximum atomic E-state index is 12.1. The van der Waals surface area contributed by atoms with E-state index in [1.165, 1.54) is 0 Å². The first-order chi connectivity index (χ1) is 15.7. The summed E-state index contributed by atoms with van der Waals surface area (Å²) in [6.07, 6.45) is 7.20. The molecule has 1 saturated heterocycles. The van der Waals surface area contributed by atoms with Crippen molar-refractivity contribution in [2.75, 3.05) is 48.9 Å². The van der Waals surface area contributed by atoms with Crippen LogP contribution in [0.3, 0.4) is 0 Å². The number of amides is 1. The standard InChI is InChI=1S/C24H24N6O2/c1-25-23-21-15-27-22(29-24(31)16-2-3-16)12-20(21)17(13-28-23)4-5-18-6-7-19(14-26-18)30-8-10-32-11-9-30/h6-7,12-16H,2-3,8-11H2,1H3,(H,25,28)(H,27,29,31). The van der Waals surface area contributed by atoms with Gasteiger partial charge in [-0.15, -0.1) is 0 Å². The number of nitrogens with one attached hydrogen (secondary N) is 2. The van der Waals surface area contributed by atoms with Crippen LogP contribution < -0.4 is 15.5 Å². The molecular weight excluding hydrogens is 404 g/mol. The molecule has 1 saturated carbocycles. The van der Waals surface area contributed by atoms with Gasteiger partial charge in [-0.3, -0.25) is 4.79 Å². The van der Waals surface area contributed by atoms with Crippen LogP contribution >= 0.6 is 0 Å². The van der Waals surface area contributed by atoms with E-state index in [4.69, 9.17) is 4.74 Å². The molecule has 0 bridgehead atoms. The fourth-order valence-electron chi connectivity index (χ4n) is 3.68. The Balaban J connectivity index is 1.43. The maximum absolute atomic E-state index is 12.1. The first-order valence-corrected chi connectivity index (χ1v) is 10.8. The highest BCUT2D eigenvalue weighted by molar-refractivity contribution is 5.99. The van der Waals surface area contributed by atoms with E-state index in [1.54, 1.807) is 12.4 Å². The van der Waals surface area contributed by atoms with Gasteiger partial charge in [0.2, 0.25) is 5.91 Å². The van der Waals surface area contributed by atoms with Gasteiger partial charge in [-0.1, -0.05) is 5.92 Å². The fraction of sp³-hybridized carbons (Fsp3) is 0.333. The lowest BCUT2D eigenvalue weighted by atomic mass is 10.1. The Morgan fingerprint density at radius 3 is 2.62 bits per heavy atom. The number of morpholine rings is 1. The van der Waals surface area contributed by atoms with Crippen LogP contribution in [0.4, 0.5) is 17.3 Å². The summed E-state index contributed by atoms with van der Waals surface area (Å²) in [6, 6.07) is 5.83. The maximum Gasteiger partial charge on any atom is 0.228 e. The SMILES string of the molecule is CNc1ncc(C#Cc2ccc(N3CCOCC3)cn2)c2cc(NC(=O)C3CC3)ncc12. The van der Waals surface area contributed by atoms with Crippen LogP contribution in [0.5, 0.6) is 0 Å². The number of pyridine rings is 3. The highest BCUT2D eigenvalue weighted by Gasteiger charge is 2.29. The van der Waals surface area contributed by atoms with Gasteiger partial charge >= 0.3 is 0 Å². The zero-order valence-corrected chi connectivity index (χ0v) is 17.9. The number of anilines is 3. The molecule has 2 N–H and O–H groups in total. The van der Waals surface area contributed by atoms with E-state index < -0.39 is 0 Å². The Morgan fingerprint density at radius 2 is 1.91 bits per heavy atom. The molecule has 1 aliphatic heterocycles. The molecule has 0 unspecified atom stereocenters. The highest BCUT2D eigenvalue weighted by atomic mass is 16.5. The second-order valence-electron chi connectivity index (χ2n) is 7.90. The van der Waals surface area contributed by atoms with Crippen molar-refractivity contribution in [3.8, 4) is 11.8 Å².